The number of hydrogen-bond donors (Lipinski definition) is 1. The van der Waals surface area contributed by atoms with Gasteiger partial charge in [-0.3, -0.25) is 14.5 Å². The van der Waals surface area contributed by atoms with Crippen LogP contribution in [0.1, 0.15) is 55.2 Å². The highest BCUT2D eigenvalue weighted by Crippen LogP contribution is 2.33. The first-order valence-electron chi connectivity index (χ1n) is 12.0. The molecular weight excluding hydrogens is 452 g/mol. The number of aromatic nitrogens is 3. The number of imidazole rings is 1. The molecular formula is C29H28N4O3. The van der Waals surface area contributed by atoms with Crippen LogP contribution >= 0.6 is 0 Å². The van der Waals surface area contributed by atoms with Gasteiger partial charge in [0.15, 0.2) is 5.82 Å². The highest BCUT2D eigenvalue weighted by Gasteiger charge is 2.31. The molecule has 0 saturated carbocycles. The zero-order chi connectivity index (χ0) is 25.6. The largest absolute Gasteiger partial charge is 0.481 e. The van der Waals surface area contributed by atoms with Gasteiger partial charge in [0.1, 0.15) is 11.5 Å². The molecule has 1 amide bonds. The van der Waals surface area contributed by atoms with Crippen molar-refractivity contribution >= 4 is 17.7 Å². The summed E-state index contributed by atoms with van der Waals surface area (Å²) in [4.78, 5) is 35.9. The highest BCUT2D eigenvalue weighted by molar-refractivity contribution is 6.10. The van der Waals surface area contributed by atoms with E-state index in [4.69, 9.17) is 4.98 Å². The van der Waals surface area contributed by atoms with Crippen molar-refractivity contribution < 1.29 is 14.7 Å². The van der Waals surface area contributed by atoms with Crippen LogP contribution < -0.4 is 4.90 Å². The van der Waals surface area contributed by atoms with Crippen molar-refractivity contribution in [3.63, 3.8) is 0 Å². The van der Waals surface area contributed by atoms with Gasteiger partial charge in [-0.1, -0.05) is 42.5 Å². The first-order valence-corrected chi connectivity index (χ1v) is 12.0. The van der Waals surface area contributed by atoms with E-state index in [0.717, 1.165) is 33.8 Å². The molecule has 0 spiro atoms. The molecule has 4 aromatic rings. The zero-order valence-electron chi connectivity index (χ0n) is 20.8. The maximum absolute atomic E-state index is 13.4. The van der Waals surface area contributed by atoms with Crippen LogP contribution in [0, 0.1) is 0 Å². The Morgan fingerprint density at radius 1 is 1.03 bits per heavy atom. The van der Waals surface area contributed by atoms with E-state index in [2.05, 4.69) is 23.4 Å². The predicted molar refractivity (Wildman–Crippen MR) is 139 cm³/mol. The van der Waals surface area contributed by atoms with Gasteiger partial charge in [-0.15, -0.1) is 0 Å². The Balaban J connectivity index is 1.42. The van der Waals surface area contributed by atoms with Gasteiger partial charge in [0.2, 0.25) is 0 Å². The van der Waals surface area contributed by atoms with Crippen LogP contribution in [0.2, 0.25) is 0 Å². The van der Waals surface area contributed by atoms with Crippen LogP contribution in [-0.4, -0.2) is 31.5 Å². The summed E-state index contributed by atoms with van der Waals surface area (Å²) in [6.45, 7) is 8.01. The lowest BCUT2D eigenvalue weighted by molar-refractivity contribution is -0.142. The van der Waals surface area contributed by atoms with Crippen molar-refractivity contribution in [1.29, 1.82) is 0 Å². The van der Waals surface area contributed by atoms with Crippen molar-refractivity contribution in [2.24, 2.45) is 0 Å². The molecule has 0 radical (unpaired) electrons. The number of carboxylic acids is 1. The molecule has 0 unspecified atom stereocenters. The second kappa shape index (κ2) is 8.75. The molecule has 0 bridgehead atoms. The molecule has 2 aromatic heterocycles. The lowest BCUT2D eigenvalue weighted by Gasteiger charge is -2.20. The number of carbonyl (C=O) groups excluding carboxylic acids is 1. The molecule has 1 N–H and O–H groups in total. The van der Waals surface area contributed by atoms with Crippen molar-refractivity contribution in [2.75, 3.05) is 4.90 Å². The Morgan fingerprint density at radius 2 is 1.75 bits per heavy atom. The van der Waals surface area contributed by atoms with Crippen molar-refractivity contribution in [3.05, 3.63) is 89.7 Å². The number of nitrogens with zero attached hydrogens (tertiary/aromatic N) is 4. The Labute approximate surface area is 210 Å². The molecule has 0 saturated heterocycles. The van der Waals surface area contributed by atoms with Gasteiger partial charge < -0.3 is 9.67 Å². The number of hydrogen-bond acceptors (Lipinski definition) is 4. The van der Waals surface area contributed by atoms with E-state index < -0.39 is 11.4 Å². The van der Waals surface area contributed by atoms with Crippen LogP contribution in [0.25, 0.3) is 22.6 Å². The average molecular weight is 481 g/mol. The van der Waals surface area contributed by atoms with Crippen molar-refractivity contribution in [2.45, 2.75) is 45.7 Å². The van der Waals surface area contributed by atoms with E-state index in [9.17, 15) is 14.7 Å². The summed E-state index contributed by atoms with van der Waals surface area (Å²) in [5, 5.41) is 9.49. The molecule has 7 heteroatoms. The standard InChI is InChI=1S/C29H28N4O3/c1-18(2)32-15-14-30-26(32)24-6-5-7-25(31-24)33-17-21-9-8-20(16-23(21)27(33)34)19-10-12-22(13-11-19)29(3,4)28(35)36/h5-16,18H,17H2,1-4H3,(H,35,36). The second-order valence-electron chi connectivity index (χ2n) is 9.90. The number of fused-ring (bicyclic) bond motifs is 1. The summed E-state index contributed by atoms with van der Waals surface area (Å²) in [6.07, 6.45) is 3.69. The fourth-order valence-electron chi connectivity index (χ4n) is 4.49. The van der Waals surface area contributed by atoms with Crippen LogP contribution in [0.4, 0.5) is 5.82 Å². The number of pyridine rings is 1. The fraction of sp³-hybridized carbons (Fsp3) is 0.241. The number of carbonyl (C=O) groups is 2. The molecule has 182 valence electrons. The number of aliphatic carboxylic acids is 1. The summed E-state index contributed by atoms with van der Waals surface area (Å²) < 4.78 is 2.06. The van der Waals surface area contributed by atoms with Crippen molar-refractivity contribution in [3.8, 4) is 22.6 Å². The van der Waals surface area contributed by atoms with E-state index in [0.29, 0.717) is 17.9 Å². The Bertz CT molecular complexity index is 1470. The van der Waals surface area contributed by atoms with Gasteiger partial charge in [0, 0.05) is 24.0 Å². The third kappa shape index (κ3) is 3.96. The lowest BCUT2D eigenvalue weighted by Crippen LogP contribution is -2.28. The number of benzene rings is 2. The molecule has 0 aliphatic carbocycles. The van der Waals surface area contributed by atoms with E-state index in [1.54, 1.807) is 24.9 Å². The molecule has 3 heterocycles. The zero-order valence-corrected chi connectivity index (χ0v) is 20.8. The Hall–Kier alpha value is -4.26. The number of rotatable bonds is 6. The summed E-state index contributed by atoms with van der Waals surface area (Å²) in [6, 6.07) is 19.3. The molecule has 0 atom stereocenters. The SMILES string of the molecule is CC(C)n1ccnc1-c1cccc(N2Cc3ccc(-c4ccc(C(C)(C)C(=O)O)cc4)cc3C2=O)n1. The van der Waals surface area contributed by atoms with Gasteiger partial charge in [-0.05, 0) is 68.1 Å². The van der Waals surface area contributed by atoms with Gasteiger partial charge in [-0.25, -0.2) is 9.97 Å². The highest BCUT2D eigenvalue weighted by atomic mass is 16.4. The van der Waals surface area contributed by atoms with E-state index in [-0.39, 0.29) is 11.9 Å². The van der Waals surface area contributed by atoms with Crippen LogP contribution in [0.3, 0.4) is 0 Å². The Kier molecular flexibility index (Phi) is 5.71. The quantitative estimate of drug-likeness (QED) is 0.382. The smallest absolute Gasteiger partial charge is 0.313 e. The summed E-state index contributed by atoms with van der Waals surface area (Å²) in [5.41, 5.74) is 3.91. The van der Waals surface area contributed by atoms with Gasteiger partial charge in [0.25, 0.3) is 5.91 Å². The fourth-order valence-corrected chi connectivity index (χ4v) is 4.49. The molecule has 1 aliphatic rings. The minimum absolute atomic E-state index is 0.0904. The molecule has 1 aliphatic heterocycles. The van der Waals surface area contributed by atoms with Crippen LogP contribution in [0.15, 0.2) is 73.1 Å². The maximum atomic E-state index is 13.4. The Morgan fingerprint density at radius 3 is 2.44 bits per heavy atom. The van der Waals surface area contributed by atoms with Gasteiger partial charge >= 0.3 is 5.97 Å². The first-order chi connectivity index (χ1) is 17.2. The summed E-state index contributed by atoms with van der Waals surface area (Å²) >= 11 is 0. The average Bonchev–Trinajstić information content (AvgIpc) is 3.49. The molecule has 7 nitrogen and oxygen atoms in total. The predicted octanol–water partition coefficient (Wildman–Crippen LogP) is 5.72. The van der Waals surface area contributed by atoms with E-state index in [1.165, 1.54) is 0 Å². The molecule has 0 fully saturated rings. The lowest BCUT2D eigenvalue weighted by atomic mass is 9.84. The van der Waals surface area contributed by atoms with Crippen molar-refractivity contribution in [1.82, 2.24) is 14.5 Å². The third-order valence-electron chi connectivity index (χ3n) is 6.85. The maximum Gasteiger partial charge on any atom is 0.313 e. The summed E-state index contributed by atoms with van der Waals surface area (Å²) in [5.74, 6) is 0.401. The first kappa shape index (κ1) is 23.5. The normalized spacial score (nSPS) is 13.4. The number of carboxylic acid groups (broad SMARTS) is 1. The van der Waals surface area contributed by atoms with E-state index in [1.807, 2.05) is 66.9 Å². The number of amides is 1. The van der Waals surface area contributed by atoms with E-state index >= 15 is 0 Å². The second-order valence-corrected chi connectivity index (χ2v) is 9.90. The number of anilines is 1. The van der Waals surface area contributed by atoms with Crippen LogP contribution in [-0.2, 0) is 16.8 Å². The van der Waals surface area contributed by atoms with Gasteiger partial charge in [-0.2, -0.15) is 0 Å². The minimum atomic E-state index is -0.971. The summed E-state index contributed by atoms with van der Waals surface area (Å²) in [7, 11) is 0. The van der Waals surface area contributed by atoms with Crippen LogP contribution in [0.5, 0.6) is 0 Å². The monoisotopic (exact) mass is 480 g/mol. The molecule has 2 aromatic carbocycles. The van der Waals surface area contributed by atoms with Gasteiger partial charge in [0.05, 0.1) is 12.0 Å². The third-order valence-corrected chi connectivity index (χ3v) is 6.85. The molecule has 36 heavy (non-hydrogen) atoms. The minimum Gasteiger partial charge on any atom is -0.481 e. The topological polar surface area (TPSA) is 88.3 Å². The molecule has 5 rings (SSSR count).